The molecule has 0 bridgehead atoms. The van der Waals surface area contributed by atoms with Crippen LogP contribution >= 0.6 is 35.3 Å². The maximum Gasteiger partial charge on any atom is 0.191 e. The summed E-state index contributed by atoms with van der Waals surface area (Å²) in [6, 6.07) is 10.2. The monoisotopic (exact) mass is 474 g/mol. The molecule has 5 nitrogen and oxygen atoms in total. The van der Waals surface area contributed by atoms with E-state index in [-0.39, 0.29) is 24.0 Å². The molecule has 0 saturated heterocycles. The third-order valence-corrected chi connectivity index (χ3v) is 4.34. The minimum absolute atomic E-state index is 0. The molecule has 0 fully saturated rings. The number of halogens is 1. The van der Waals surface area contributed by atoms with E-state index in [0.29, 0.717) is 19.8 Å². The molecule has 25 heavy (non-hydrogen) atoms. The van der Waals surface area contributed by atoms with Crippen molar-refractivity contribution in [3.8, 4) is 0 Å². The number of nitrogens with zero attached hydrogens (tertiary/aromatic N) is 2. The van der Waals surface area contributed by atoms with Crippen molar-refractivity contribution < 1.29 is 4.74 Å². The molecule has 138 valence electrons. The number of nitrogens with one attached hydrogen (secondary N) is 2. The summed E-state index contributed by atoms with van der Waals surface area (Å²) in [6.07, 6.45) is 0.978. The molecule has 0 aliphatic heterocycles. The van der Waals surface area contributed by atoms with E-state index in [0.717, 1.165) is 36.2 Å². The summed E-state index contributed by atoms with van der Waals surface area (Å²) in [5, 5.41) is 9.77. The van der Waals surface area contributed by atoms with Gasteiger partial charge in [0.15, 0.2) is 5.96 Å². The van der Waals surface area contributed by atoms with Crippen LogP contribution in [0.15, 0.2) is 40.7 Å². The number of aliphatic imine (C=N–C) groups is 1. The molecular formula is C18H27IN4OS. The van der Waals surface area contributed by atoms with Crippen molar-refractivity contribution in [1.29, 1.82) is 0 Å². The maximum atomic E-state index is 5.67. The first kappa shape index (κ1) is 21.9. The number of benzene rings is 1. The smallest absolute Gasteiger partial charge is 0.191 e. The van der Waals surface area contributed by atoms with Gasteiger partial charge in [0.25, 0.3) is 0 Å². The molecule has 0 radical (unpaired) electrons. The van der Waals surface area contributed by atoms with Gasteiger partial charge >= 0.3 is 0 Å². The SMILES string of the molecule is CCNC(=NCc1csc(CC)n1)NCCOCc1ccccc1.I. The van der Waals surface area contributed by atoms with E-state index in [1.807, 2.05) is 18.2 Å². The quantitative estimate of drug-likeness (QED) is 0.253. The Hall–Kier alpha value is -1.19. The van der Waals surface area contributed by atoms with E-state index in [4.69, 9.17) is 4.74 Å². The zero-order chi connectivity index (χ0) is 17.0. The number of hydrogen-bond donors (Lipinski definition) is 2. The van der Waals surface area contributed by atoms with E-state index in [1.54, 1.807) is 11.3 Å². The Morgan fingerprint density at radius 3 is 2.68 bits per heavy atom. The zero-order valence-corrected chi connectivity index (χ0v) is 18.0. The Kier molecular flexibility index (Phi) is 11.4. The molecule has 2 aromatic rings. The highest BCUT2D eigenvalue weighted by molar-refractivity contribution is 14.0. The van der Waals surface area contributed by atoms with Crippen molar-refractivity contribution >= 4 is 41.3 Å². The predicted octanol–water partition coefficient (Wildman–Crippen LogP) is 3.60. The Bertz CT molecular complexity index is 619. The normalized spacial score (nSPS) is 11.0. The first-order chi connectivity index (χ1) is 11.8. The van der Waals surface area contributed by atoms with E-state index >= 15 is 0 Å². The molecule has 0 aliphatic rings. The number of hydrogen-bond acceptors (Lipinski definition) is 4. The minimum Gasteiger partial charge on any atom is -0.375 e. The molecule has 1 aromatic heterocycles. The highest BCUT2D eigenvalue weighted by atomic mass is 127. The van der Waals surface area contributed by atoms with Crippen LogP contribution in [0.25, 0.3) is 0 Å². The molecule has 0 saturated carbocycles. The standard InChI is InChI=1S/C18H26N4OS.HI/c1-3-17-22-16(14-24-17)12-21-18(19-4-2)20-10-11-23-13-15-8-6-5-7-9-15;/h5-9,14H,3-4,10-13H2,1-2H3,(H2,19,20,21);1H. The number of rotatable bonds is 9. The fourth-order valence-electron chi connectivity index (χ4n) is 2.09. The summed E-state index contributed by atoms with van der Waals surface area (Å²) in [4.78, 5) is 9.11. The molecule has 0 amide bonds. The van der Waals surface area contributed by atoms with Crippen molar-refractivity contribution in [3.05, 3.63) is 52.0 Å². The lowest BCUT2D eigenvalue weighted by Crippen LogP contribution is -2.39. The second-order valence-electron chi connectivity index (χ2n) is 5.25. The van der Waals surface area contributed by atoms with Gasteiger partial charge in [0.2, 0.25) is 0 Å². The molecule has 0 spiro atoms. The van der Waals surface area contributed by atoms with Gasteiger partial charge in [-0.25, -0.2) is 9.98 Å². The van der Waals surface area contributed by atoms with Crippen LogP contribution in [-0.2, 0) is 24.3 Å². The highest BCUT2D eigenvalue weighted by Crippen LogP contribution is 2.10. The van der Waals surface area contributed by atoms with Crippen LogP contribution in [0.4, 0.5) is 0 Å². The van der Waals surface area contributed by atoms with Crippen LogP contribution < -0.4 is 10.6 Å². The Morgan fingerprint density at radius 1 is 1.20 bits per heavy atom. The molecular weight excluding hydrogens is 447 g/mol. The Labute approximate surface area is 171 Å². The van der Waals surface area contributed by atoms with E-state index in [1.165, 1.54) is 5.56 Å². The van der Waals surface area contributed by atoms with Crippen molar-refractivity contribution in [2.75, 3.05) is 19.7 Å². The molecule has 0 unspecified atom stereocenters. The van der Waals surface area contributed by atoms with E-state index in [2.05, 4.69) is 52.0 Å². The van der Waals surface area contributed by atoms with Crippen molar-refractivity contribution in [2.24, 2.45) is 4.99 Å². The predicted molar refractivity (Wildman–Crippen MR) is 116 cm³/mol. The summed E-state index contributed by atoms with van der Waals surface area (Å²) in [7, 11) is 0. The van der Waals surface area contributed by atoms with Gasteiger partial charge in [-0.2, -0.15) is 0 Å². The van der Waals surface area contributed by atoms with Gasteiger partial charge in [0.1, 0.15) is 0 Å². The lowest BCUT2D eigenvalue weighted by molar-refractivity contribution is 0.125. The second-order valence-corrected chi connectivity index (χ2v) is 6.19. The van der Waals surface area contributed by atoms with Crippen molar-refractivity contribution in [2.45, 2.75) is 33.4 Å². The topological polar surface area (TPSA) is 58.5 Å². The summed E-state index contributed by atoms with van der Waals surface area (Å²) >= 11 is 1.70. The number of thiazole rings is 1. The van der Waals surface area contributed by atoms with E-state index in [9.17, 15) is 0 Å². The number of aryl methyl sites for hydroxylation is 1. The third kappa shape index (κ3) is 8.64. The fraction of sp³-hybridized carbons (Fsp3) is 0.444. The number of aromatic nitrogens is 1. The lowest BCUT2D eigenvalue weighted by Gasteiger charge is -2.11. The second kappa shape index (κ2) is 13.1. The Morgan fingerprint density at radius 2 is 2.00 bits per heavy atom. The van der Waals surface area contributed by atoms with Crippen LogP contribution in [0.5, 0.6) is 0 Å². The van der Waals surface area contributed by atoms with Crippen LogP contribution in [0, 0.1) is 0 Å². The van der Waals surface area contributed by atoms with Gasteiger partial charge in [-0.1, -0.05) is 37.3 Å². The maximum absolute atomic E-state index is 5.67. The molecule has 0 atom stereocenters. The molecule has 1 aromatic carbocycles. The summed E-state index contributed by atoms with van der Waals surface area (Å²) in [5.41, 5.74) is 2.21. The van der Waals surface area contributed by atoms with Crippen LogP contribution in [0.2, 0.25) is 0 Å². The van der Waals surface area contributed by atoms with Crippen LogP contribution in [0.1, 0.15) is 30.1 Å². The van der Waals surface area contributed by atoms with Crippen LogP contribution in [0.3, 0.4) is 0 Å². The first-order valence-electron chi connectivity index (χ1n) is 8.39. The fourth-order valence-corrected chi connectivity index (χ4v) is 2.83. The number of ether oxygens (including phenoxy) is 1. The number of guanidine groups is 1. The van der Waals surface area contributed by atoms with Crippen molar-refractivity contribution in [3.63, 3.8) is 0 Å². The molecule has 7 heteroatoms. The molecule has 2 rings (SSSR count). The summed E-state index contributed by atoms with van der Waals surface area (Å²) in [6.45, 7) is 7.58. The van der Waals surface area contributed by atoms with Crippen LogP contribution in [-0.4, -0.2) is 30.6 Å². The average molecular weight is 474 g/mol. The highest BCUT2D eigenvalue weighted by Gasteiger charge is 2.01. The van der Waals surface area contributed by atoms with Gasteiger partial charge in [0, 0.05) is 18.5 Å². The van der Waals surface area contributed by atoms with Gasteiger partial charge in [-0.15, -0.1) is 35.3 Å². The average Bonchev–Trinajstić information content (AvgIpc) is 3.08. The van der Waals surface area contributed by atoms with Gasteiger partial charge in [0.05, 0.1) is 30.5 Å². The van der Waals surface area contributed by atoms with Gasteiger partial charge in [-0.05, 0) is 18.9 Å². The lowest BCUT2D eigenvalue weighted by atomic mass is 10.2. The Balaban J connectivity index is 0.00000312. The summed E-state index contributed by atoms with van der Waals surface area (Å²) < 4.78 is 5.67. The van der Waals surface area contributed by atoms with Gasteiger partial charge in [-0.3, -0.25) is 0 Å². The summed E-state index contributed by atoms with van der Waals surface area (Å²) in [5.74, 6) is 0.798. The largest absolute Gasteiger partial charge is 0.375 e. The van der Waals surface area contributed by atoms with Crippen molar-refractivity contribution in [1.82, 2.24) is 15.6 Å². The van der Waals surface area contributed by atoms with Gasteiger partial charge < -0.3 is 15.4 Å². The molecule has 2 N–H and O–H groups in total. The third-order valence-electron chi connectivity index (χ3n) is 3.30. The molecule has 1 heterocycles. The van der Waals surface area contributed by atoms with E-state index < -0.39 is 0 Å². The molecule has 0 aliphatic carbocycles. The minimum atomic E-state index is 0. The zero-order valence-electron chi connectivity index (χ0n) is 14.8. The first-order valence-corrected chi connectivity index (χ1v) is 9.27.